The van der Waals surface area contributed by atoms with E-state index < -0.39 is 0 Å². The number of benzene rings is 2. The number of anilines is 1. The van der Waals surface area contributed by atoms with Crippen molar-refractivity contribution in [1.29, 1.82) is 5.26 Å². The van der Waals surface area contributed by atoms with Gasteiger partial charge in [-0.3, -0.25) is 5.10 Å². The number of nitriles is 1. The standard InChI is InChI=1S/C23H18N6O/c24-12-15-6-8-16(9-7-15)21-20-19-10-11-29(14-17(19)13-25-22(20)28-27-21)23(30)26-18-4-2-1-3-5-18/h1-9,13H,10-11,14H2,(H,26,30)(H,25,27,28). The number of carbonyl (C=O) groups is 1. The number of urea groups is 1. The largest absolute Gasteiger partial charge is 0.322 e. The Morgan fingerprint density at radius 3 is 2.70 bits per heavy atom. The van der Waals surface area contributed by atoms with Crippen molar-refractivity contribution in [1.82, 2.24) is 20.1 Å². The fraction of sp³-hybridized carbons (Fsp3) is 0.130. The first kappa shape index (κ1) is 17.9. The van der Waals surface area contributed by atoms with Crippen LogP contribution < -0.4 is 5.32 Å². The SMILES string of the molecule is N#Cc1ccc(-c2n[nH]c3ncc4c(c23)CCN(C(=O)Nc2ccccc2)C4)cc1. The van der Waals surface area contributed by atoms with Gasteiger partial charge in [0.15, 0.2) is 5.65 Å². The molecule has 0 fully saturated rings. The summed E-state index contributed by atoms with van der Waals surface area (Å²) >= 11 is 0. The van der Waals surface area contributed by atoms with Crippen LogP contribution in [0.4, 0.5) is 10.5 Å². The normalized spacial score (nSPS) is 13.0. The van der Waals surface area contributed by atoms with Gasteiger partial charge in [-0.1, -0.05) is 30.3 Å². The molecular weight excluding hydrogens is 376 g/mol. The van der Waals surface area contributed by atoms with Crippen molar-refractivity contribution in [3.63, 3.8) is 0 Å². The van der Waals surface area contributed by atoms with Crippen LogP contribution in [0.25, 0.3) is 22.3 Å². The van der Waals surface area contributed by atoms with Crippen LogP contribution in [0.2, 0.25) is 0 Å². The number of hydrogen-bond donors (Lipinski definition) is 2. The van der Waals surface area contributed by atoms with Crippen LogP contribution in [-0.4, -0.2) is 32.7 Å². The summed E-state index contributed by atoms with van der Waals surface area (Å²) in [5.74, 6) is 0. The minimum Gasteiger partial charge on any atom is -0.320 e. The second-order valence-electron chi connectivity index (χ2n) is 7.21. The second kappa shape index (κ2) is 7.33. The van der Waals surface area contributed by atoms with Crippen LogP contribution in [0.5, 0.6) is 0 Å². The summed E-state index contributed by atoms with van der Waals surface area (Å²) in [6.07, 6.45) is 2.54. The highest BCUT2D eigenvalue weighted by atomic mass is 16.2. The zero-order valence-electron chi connectivity index (χ0n) is 16.1. The van der Waals surface area contributed by atoms with E-state index in [9.17, 15) is 4.79 Å². The number of H-pyrrole nitrogens is 1. The summed E-state index contributed by atoms with van der Waals surface area (Å²) in [6.45, 7) is 1.11. The topological polar surface area (TPSA) is 97.7 Å². The van der Waals surface area contributed by atoms with Gasteiger partial charge in [-0.15, -0.1) is 0 Å². The molecular formula is C23H18N6O. The Labute approximate surface area is 173 Å². The predicted molar refractivity (Wildman–Crippen MR) is 114 cm³/mol. The lowest BCUT2D eigenvalue weighted by atomic mass is 9.96. The Kier molecular flexibility index (Phi) is 4.37. The lowest BCUT2D eigenvalue weighted by molar-refractivity contribution is 0.206. The minimum atomic E-state index is -0.119. The molecule has 7 heteroatoms. The van der Waals surface area contributed by atoms with Crippen LogP contribution >= 0.6 is 0 Å². The monoisotopic (exact) mass is 394 g/mol. The Morgan fingerprint density at radius 2 is 1.93 bits per heavy atom. The van der Waals surface area contributed by atoms with Gasteiger partial charge in [0, 0.05) is 30.5 Å². The Bertz CT molecular complexity index is 1270. The predicted octanol–water partition coefficient (Wildman–Crippen LogP) is 4.09. The van der Waals surface area contributed by atoms with Crippen LogP contribution in [-0.2, 0) is 13.0 Å². The van der Waals surface area contributed by atoms with Crippen LogP contribution in [0.3, 0.4) is 0 Å². The molecule has 3 heterocycles. The molecule has 0 spiro atoms. The minimum absolute atomic E-state index is 0.119. The zero-order chi connectivity index (χ0) is 20.5. The van der Waals surface area contributed by atoms with Gasteiger partial charge < -0.3 is 10.2 Å². The quantitative estimate of drug-likeness (QED) is 0.535. The number of amides is 2. The number of aromatic amines is 1. The molecule has 30 heavy (non-hydrogen) atoms. The molecule has 2 N–H and O–H groups in total. The number of hydrogen-bond acceptors (Lipinski definition) is 4. The van der Waals surface area contributed by atoms with E-state index in [0.29, 0.717) is 18.7 Å². The number of fused-ring (bicyclic) bond motifs is 3. The van der Waals surface area contributed by atoms with Gasteiger partial charge in [-0.2, -0.15) is 10.4 Å². The number of rotatable bonds is 2. The molecule has 0 aliphatic carbocycles. The molecule has 2 aromatic heterocycles. The van der Waals surface area contributed by atoms with E-state index in [1.807, 2.05) is 48.7 Å². The lowest BCUT2D eigenvalue weighted by Crippen LogP contribution is -2.39. The fourth-order valence-corrected chi connectivity index (χ4v) is 3.86. The van der Waals surface area contributed by atoms with Crippen LogP contribution in [0, 0.1) is 11.3 Å². The van der Waals surface area contributed by atoms with E-state index in [4.69, 9.17) is 5.26 Å². The Morgan fingerprint density at radius 1 is 1.13 bits per heavy atom. The number of pyridine rings is 1. The summed E-state index contributed by atoms with van der Waals surface area (Å²) in [5.41, 5.74) is 6.06. The van der Waals surface area contributed by atoms with Gasteiger partial charge in [-0.05, 0) is 41.8 Å². The third-order valence-corrected chi connectivity index (χ3v) is 5.38. The Balaban J connectivity index is 1.46. The first-order valence-corrected chi connectivity index (χ1v) is 9.69. The number of aromatic nitrogens is 3. The van der Waals surface area contributed by atoms with E-state index in [-0.39, 0.29) is 6.03 Å². The third kappa shape index (κ3) is 3.14. The first-order chi connectivity index (χ1) is 14.7. The highest BCUT2D eigenvalue weighted by Crippen LogP contribution is 2.32. The number of para-hydroxylation sites is 1. The average molecular weight is 394 g/mol. The molecule has 1 aliphatic heterocycles. The van der Waals surface area contributed by atoms with E-state index in [1.54, 1.807) is 17.0 Å². The molecule has 4 aromatic rings. The molecule has 0 radical (unpaired) electrons. The van der Waals surface area contributed by atoms with Crippen molar-refractivity contribution in [2.24, 2.45) is 0 Å². The third-order valence-electron chi connectivity index (χ3n) is 5.38. The van der Waals surface area contributed by atoms with Gasteiger partial charge in [0.1, 0.15) is 5.69 Å². The first-order valence-electron chi connectivity index (χ1n) is 9.69. The number of nitrogens with zero attached hydrogens (tertiary/aromatic N) is 4. The number of nitrogens with one attached hydrogen (secondary N) is 2. The molecule has 7 nitrogen and oxygen atoms in total. The van der Waals surface area contributed by atoms with Gasteiger partial charge in [0.25, 0.3) is 0 Å². The van der Waals surface area contributed by atoms with Gasteiger partial charge in [0.05, 0.1) is 17.0 Å². The van der Waals surface area contributed by atoms with Crippen molar-refractivity contribution in [3.8, 4) is 17.3 Å². The van der Waals surface area contributed by atoms with Crippen molar-refractivity contribution in [3.05, 3.63) is 77.5 Å². The molecule has 5 rings (SSSR count). The van der Waals surface area contributed by atoms with Crippen molar-refractivity contribution in [2.45, 2.75) is 13.0 Å². The summed E-state index contributed by atoms with van der Waals surface area (Å²) in [7, 11) is 0. The number of carbonyl (C=O) groups excluding carboxylic acids is 1. The molecule has 0 bridgehead atoms. The van der Waals surface area contributed by atoms with Crippen LogP contribution in [0.1, 0.15) is 16.7 Å². The maximum absolute atomic E-state index is 12.7. The smallest absolute Gasteiger partial charge is 0.320 e. The summed E-state index contributed by atoms with van der Waals surface area (Å²) in [6, 6.07) is 18.8. The van der Waals surface area contributed by atoms with E-state index >= 15 is 0 Å². The van der Waals surface area contributed by atoms with Gasteiger partial charge in [0.2, 0.25) is 0 Å². The van der Waals surface area contributed by atoms with E-state index in [2.05, 4.69) is 26.6 Å². The van der Waals surface area contributed by atoms with E-state index in [0.717, 1.165) is 45.5 Å². The van der Waals surface area contributed by atoms with Crippen molar-refractivity contribution in [2.75, 3.05) is 11.9 Å². The summed E-state index contributed by atoms with van der Waals surface area (Å²) < 4.78 is 0. The molecule has 0 atom stereocenters. The molecule has 2 aromatic carbocycles. The Hall–Kier alpha value is -4.18. The average Bonchev–Trinajstić information content (AvgIpc) is 3.24. The van der Waals surface area contributed by atoms with Gasteiger partial charge in [-0.25, -0.2) is 9.78 Å². The molecule has 0 saturated heterocycles. The summed E-state index contributed by atoms with van der Waals surface area (Å²) in [4.78, 5) is 19.0. The highest BCUT2D eigenvalue weighted by Gasteiger charge is 2.25. The zero-order valence-corrected chi connectivity index (χ0v) is 16.1. The van der Waals surface area contributed by atoms with Crippen LogP contribution in [0.15, 0.2) is 60.8 Å². The van der Waals surface area contributed by atoms with E-state index in [1.165, 1.54) is 0 Å². The maximum atomic E-state index is 12.7. The maximum Gasteiger partial charge on any atom is 0.322 e. The molecule has 0 unspecified atom stereocenters. The van der Waals surface area contributed by atoms with Crippen molar-refractivity contribution >= 4 is 22.8 Å². The fourth-order valence-electron chi connectivity index (χ4n) is 3.86. The molecule has 1 aliphatic rings. The molecule has 2 amide bonds. The lowest BCUT2D eigenvalue weighted by Gasteiger charge is -2.29. The summed E-state index contributed by atoms with van der Waals surface area (Å²) in [5, 5.41) is 20.5. The van der Waals surface area contributed by atoms with Gasteiger partial charge >= 0.3 is 6.03 Å². The molecule has 146 valence electrons. The molecule has 0 saturated carbocycles. The van der Waals surface area contributed by atoms with Crippen molar-refractivity contribution < 1.29 is 4.79 Å². The highest BCUT2D eigenvalue weighted by molar-refractivity contribution is 5.95. The second-order valence-corrected chi connectivity index (χ2v) is 7.21.